The highest BCUT2D eigenvalue weighted by molar-refractivity contribution is 6.31. The molecule has 5 nitrogen and oxygen atoms in total. The van der Waals surface area contributed by atoms with Crippen molar-refractivity contribution in [1.82, 2.24) is 0 Å². The minimum atomic E-state index is -0.437. The van der Waals surface area contributed by atoms with Gasteiger partial charge in [-0.15, -0.1) is 0 Å². The monoisotopic (exact) mass is 301 g/mol. The minimum Gasteiger partial charge on any atom is -0.365 e. The van der Waals surface area contributed by atoms with E-state index in [4.69, 9.17) is 16.9 Å². The standard InChI is InChI=1S/C15H12ClN3O2/c1-18(10-12-4-2-3-11(7-12)9-17)15-8-13(16)5-6-14(15)19(20)21/h2-8H,10H2,1H3. The summed E-state index contributed by atoms with van der Waals surface area (Å²) in [5, 5.41) is 20.4. The van der Waals surface area contributed by atoms with Crippen LogP contribution in [0.3, 0.4) is 0 Å². The van der Waals surface area contributed by atoms with Crippen LogP contribution in [0, 0.1) is 21.4 Å². The van der Waals surface area contributed by atoms with Gasteiger partial charge >= 0.3 is 0 Å². The van der Waals surface area contributed by atoms with Crippen molar-refractivity contribution in [2.75, 3.05) is 11.9 Å². The zero-order chi connectivity index (χ0) is 15.4. The zero-order valence-electron chi connectivity index (χ0n) is 11.3. The molecular formula is C15H12ClN3O2. The first-order chi connectivity index (χ1) is 10.0. The van der Waals surface area contributed by atoms with Crippen molar-refractivity contribution in [1.29, 1.82) is 5.26 Å². The van der Waals surface area contributed by atoms with E-state index in [-0.39, 0.29) is 5.69 Å². The molecule has 0 saturated heterocycles. The van der Waals surface area contributed by atoms with Crippen LogP contribution >= 0.6 is 11.6 Å². The van der Waals surface area contributed by atoms with E-state index in [0.29, 0.717) is 22.8 Å². The molecule has 0 bridgehead atoms. The summed E-state index contributed by atoms with van der Waals surface area (Å²) in [6.45, 7) is 0.441. The van der Waals surface area contributed by atoms with Gasteiger partial charge in [-0.05, 0) is 29.8 Å². The number of benzene rings is 2. The van der Waals surface area contributed by atoms with Crippen molar-refractivity contribution < 1.29 is 4.92 Å². The van der Waals surface area contributed by atoms with Crippen molar-refractivity contribution in [2.24, 2.45) is 0 Å². The second-order valence-corrected chi connectivity index (χ2v) is 4.99. The largest absolute Gasteiger partial charge is 0.365 e. The van der Waals surface area contributed by atoms with Crippen LogP contribution in [-0.2, 0) is 6.54 Å². The van der Waals surface area contributed by atoms with E-state index in [1.807, 2.05) is 6.07 Å². The number of halogens is 1. The average molecular weight is 302 g/mol. The van der Waals surface area contributed by atoms with Gasteiger partial charge in [-0.1, -0.05) is 23.7 Å². The van der Waals surface area contributed by atoms with Gasteiger partial charge in [-0.25, -0.2) is 0 Å². The van der Waals surface area contributed by atoms with E-state index >= 15 is 0 Å². The Morgan fingerprint density at radius 3 is 2.76 bits per heavy atom. The van der Waals surface area contributed by atoms with E-state index in [1.54, 1.807) is 36.2 Å². The van der Waals surface area contributed by atoms with Gasteiger partial charge in [0.15, 0.2) is 0 Å². The number of nitro benzene ring substituents is 1. The SMILES string of the molecule is CN(Cc1cccc(C#N)c1)c1cc(Cl)ccc1[N+](=O)[O-]. The van der Waals surface area contributed by atoms with Crippen molar-refractivity contribution >= 4 is 23.0 Å². The number of hydrogen-bond donors (Lipinski definition) is 0. The maximum Gasteiger partial charge on any atom is 0.292 e. The number of anilines is 1. The number of rotatable bonds is 4. The quantitative estimate of drug-likeness (QED) is 0.637. The third kappa shape index (κ3) is 3.50. The van der Waals surface area contributed by atoms with Crippen LogP contribution in [0.2, 0.25) is 5.02 Å². The minimum absolute atomic E-state index is 0.00154. The lowest BCUT2D eigenvalue weighted by Gasteiger charge is -2.19. The molecule has 0 spiro atoms. The molecule has 0 saturated carbocycles. The smallest absolute Gasteiger partial charge is 0.292 e. The van der Waals surface area contributed by atoms with E-state index in [1.165, 1.54) is 12.1 Å². The Labute approximate surface area is 127 Å². The van der Waals surface area contributed by atoms with E-state index in [9.17, 15) is 10.1 Å². The molecular weight excluding hydrogens is 290 g/mol. The molecule has 0 radical (unpaired) electrons. The van der Waals surface area contributed by atoms with Gasteiger partial charge in [0.1, 0.15) is 5.69 Å². The molecule has 0 fully saturated rings. The summed E-state index contributed by atoms with van der Waals surface area (Å²) in [5.41, 5.74) is 1.89. The van der Waals surface area contributed by atoms with Crippen LogP contribution in [0.4, 0.5) is 11.4 Å². The molecule has 0 N–H and O–H groups in total. The molecule has 2 aromatic rings. The average Bonchev–Trinajstić information content (AvgIpc) is 2.47. The Bertz CT molecular complexity index is 725. The van der Waals surface area contributed by atoms with Crippen LogP contribution in [0.15, 0.2) is 42.5 Å². The molecule has 0 aliphatic heterocycles. The fourth-order valence-electron chi connectivity index (χ4n) is 2.05. The summed E-state index contributed by atoms with van der Waals surface area (Å²) in [6, 6.07) is 13.6. The molecule has 0 aromatic heterocycles. The van der Waals surface area contributed by atoms with E-state index in [0.717, 1.165) is 5.56 Å². The Hall–Kier alpha value is -2.58. The number of nitrogens with zero attached hydrogens (tertiary/aromatic N) is 3. The second-order valence-electron chi connectivity index (χ2n) is 4.56. The molecule has 106 valence electrons. The second kappa shape index (κ2) is 6.25. The number of hydrogen-bond acceptors (Lipinski definition) is 4. The molecule has 0 aliphatic carbocycles. The Balaban J connectivity index is 2.32. The first-order valence-corrected chi connectivity index (χ1v) is 6.53. The van der Waals surface area contributed by atoms with Crippen LogP contribution in [0.25, 0.3) is 0 Å². The third-order valence-corrected chi connectivity index (χ3v) is 3.26. The topological polar surface area (TPSA) is 70.2 Å². The van der Waals surface area contributed by atoms with Crippen LogP contribution in [0.5, 0.6) is 0 Å². The highest BCUT2D eigenvalue weighted by Crippen LogP contribution is 2.31. The Kier molecular flexibility index (Phi) is 4.41. The summed E-state index contributed by atoms with van der Waals surface area (Å²) < 4.78 is 0. The van der Waals surface area contributed by atoms with Crippen molar-refractivity contribution in [3.05, 3.63) is 68.7 Å². The van der Waals surface area contributed by atoms with Gasteiger partial charge in [0.25, 0.3) is 5.69 Å². The van der Waals surface area contributed by atoms with Gasteiger partial charge in [0.05, 0.1) is 16.6 Å². The Morgan fingerprint density at radius 1 is 1.33 bits per heavy atom. The van der Waals surface area contributed by atoms with E-state index < -0.39 is 4.92 Å². The molecule has 0 atom stereocenters. The van der Waals surface area contributed by atoms with Gasteiger partial charge < -0.3 is 4.90 Å². The lowest BCUT2D eigenvalue weighted by Crippen LogP contribution is -2.17. The zero-order valence-corrected chi connectivity index (χ0v) is 12.0. The molecule has 6 heteroatoms. The van der Waals surface area contributed by atoms with Crippen molar-refractivity contribution in [3.63, 3.8) is 0 Å². The fourth-order valence-corrected chi connectivity index (χ4v) is 2.22. The summed E-state index contributed by atoms with van der Waals surface area (Å²) in [6.07, 6.45) is 0. The lowest BCUT2D eigenvalue weighted by atomic mass is 10.1. The number of nitro groups is 1. The van der Waals surface area contributed by atoms with Gasteiger partial charge in [0, 0.05) is 24.7 Å². The van der Waals surface area contributed by atoms with E-state index in [2.05, 4.69) is 6.07 Å². The Morgan fingerprint density at radius 2 is 2.10 bits per heavy atom. The predicted molar refractivity (Wildman–Crippen MR) is 81.4 cm³/mol. The molecule has 0 aliphatic rings. The molecule has 2 aromatic carbocycles. The van der Waals surface area contributed by atoms with Gasteiger partial charge in [0.2, 0.25) is 0 Å². The van der Waals surface area contributed by atoms with Crippen LogP contribution in [0.1, 0.15) is 11.1 Å². The highest BCUT2D eigenvalue weighted by Gasteiger charge is 2.17. The van der Waals surface area contributed by atoms with Gasteiger partial charge in [-0.2, -0.15) is 5.26 Å². The van der Waals surface area contributed by atoms with Crippen molar-refractivity contribution in [3.8, 4) is 6.07 Å². The molecule has 2 rings (SSSR count). The van der Waals surface area contributed by atoms with Crippen LogP contribution in [-0.4, -0.2) is 12.0 Å². The molecule has 0 amide bonds. The predicted octanol–water partition coefficient (Wildman–Crippen LogP) is 3.76. The fraction of sp³-hybridized carbons (Fsp3) is 0.133. The molecule has 0 unspecified atom stereocenters. The first kappa shape index (κ1) is 14.8. The maximum atomic E-state index is 11.1. The van der Waals surface area contributed by atoms with Crippen molar-refractivity contribution in [2.45, 2.75) is 6.54 Å². The van der Waals surface area contributed by atoms with Gasteiger partial charge in [-0.3, -0.25) is 10.1 Å². The molecule has 0 heterocycles. The summed E-state index contributed by atoms with van der Waals surface area (Å²) >= 11 is 5.92. The highest BCUT2D eigenvalue weighted by atomic mass is 35.5. The maximum absolute atomic E-state index is 11.1. The summed E-state index contributed by atoms with van der Waals surface area (Å²) in [7, 11) is 1.75. The summed E-state index contributed by atoms with van der Waals surface area (Å²) in [4.78, 5) is 12.4. The molecule has 21 heavy (non-hydrogen) atoms. The summed E-state index contributed by atoms with van der Waals surface area (Å²) in [5.74, 6) is 0. The lowest BCUT2D eigenvalue weighted by molar-refractivity contribution is -0.384. The third-order valence-electron chi connectivity index (χ3n) is 3.02. The number of nitriles is 1. The normalized spacial score (nSPS) is 9.95. The first-order valence-electron chi connectivity index (χ1n) is 6.15. The van der Waals surface area contributed by atoms with Crippen LogP contribution < -0.4 is 4.90 Å².